The Bertz CT molecular complexity index is 6570. The lowest BCUT2D eigenvalue weighted by atomic mass is 10.1. The molecule has 122 heavy (non-hydrogen) atoms. The molecule has 10 aromatic heterocycles. The normalized spacial score (nSPS) is 11.2. The monoisotopic (exact) mass is 1750 g/mol. The molecule has 0 aliphatic rings. The molecule has 15 rings (SSSR count). The average molecular weight is 1760 g/mol. The molecule has 0 aliphatic heterocycles. The molecule has 10 heterocycles. The van der Waals surface area contributed by atoms with Crippen molar-refractivity contribution >= 4 is 120 Å². The molecule has 5 amide bonds. The number of aryl methyl sites for hydroxylation is 6. The predicted molar refractivity (Wildman–Crippen MR) is 462 cm³/mol. The van der Waals surface area contributed by atoms with Crippen LogP contribution in [0.1, 0.15) is 85.8 Å². The highest BCUT2D eigenvalue weighted by Gasteiger charge is 2.24. The summed E-state index contributed by atoms with van der Waals surface area (Å²) in [5, 5.41) is 13.4. The van der Waals surface area contributed by atoms with Gasteiger partial charge in [-0.3, -0.25) is 48.9 Å². The molecule has 0 spiro atoms. The number of amides is 5. The first-order valence-electron chi connectivity index (χ1n) is 36.5. The molecule has 5 aromatic carbocycles. The van der Waals surface area contributed by atoms with Gasteiger partial charge in [-0.15, -0.1) is 0 Å². The summed E-state index contributed by atoms with van der Waals surface area (Å²) < 4.78 is 132. The van der Waals surface area contributed by atoms with Gasteiger partial charge in [-0.2, -0.15) is 0 Å². The summed E-state index contributed by atoms with van der Waals surface area (Å²) in [6.45, 7) is 11.3. The second kappa shape index (κ2) is 39.0. The topological polar surface area (TPSA) is 405 Å². The van der Waals surface area contributed by atoms with Crippen molar-refractivity contribution in [2.45, 2.75) is 66.0 Å². The van der Waals surface area contributed by atoms with E-state index < -0.39 is 79.7 Å². The highest BCUT2D eigenvalue weighted by Crippen LogP contribution is 2.27. The van der Waals surface area contributed by atoms with Gasteiger partial charge in [0, 0.05) is 98.0 Å². The van der Waals surface area contributed by atoms with E-state index in [1.807, 2.05) is 47.6 Å². The highest BCUT2D eigenvalue weighted by molar-refractivity contribution is 7.91. The van der Waals surface area contributed by atoms with Crippen LogP contribution in [0.4, 0.5) is 28.4 Å². The molecule has 0 unspecified atom stereocenters. The SMILES string of the molecule is Cc1ccc(S(=O)(=O)n2ccc(NC(=O)c3ccccn3)c2)cc1.Cc1ccc(S(=O)(=O)n2ccc(NC(=O)c3ccccn3)c2)cc1C.Cc1ccc(S(=O)(=O)n2ccc(NC(=O)c3ccccn3)c2)cc1C.Cc1cccc(S(=O)(=O)n2ccc(NC(=O)c3ccccn3)c2)c1.O=C(Nc1ccn(S(=O)(=O)c2cccc(Cl)c2)c1)c1ccccn1. The van der Waals surface area contributed by atoms with Gasteiger partial charge in [0.25, 0.3) is 79.7 Å². The minimum atomic E-state index is -3.78. The first-order chi connectivity index (χ1) is 58.1. The van der Waals surface area contributed by atoms with Crippen LogP contribution in [0, 0.1) is 41.5 Å². The van der Waals surface area contributed by atoms with Crippen LogP contribution in [-0.2, 0) is 50.1 Å². The Hall–Kier alpha value is -14.4. The van der Waals surface area contributed by atoms with Gasteiger partial charge >= 0.3 is 0 Å². The summed E-state index contributed by atoms with van der Waals surface area (Å²) in [5.41, 5.74) is 8.79. The Labute approximate surface area is 708 Å². The second-order valence-corrected chi connectivity index (χ2v) is 36.3. The maximum atomic E-state index is 12.7. The number of carbonyl (C=O) groups is 5. The zero-order chi connectivity index (χ0) is 87.5. The summed E-state index contributed by atoms with van der Waals surface area (Å²) in [7, 11) is -18.6. The Balaban J connectivity index is 0.000000149. The maximum Gasteiger partial charge on any atom is 0.274 e. The first kappa shape index (κ1) is 88.5. The van der Waals surface area contributed by atoms with Crippen LogP contribution in [0.3, 0.4) is 0 Å². The van der Waals surface area contributed by atoms with Crippen molar-refractivity contribution < 1.29 is 66.1 Å². The predicted octanol–water partition coefficient (Wildman–Crippen LogP) is 14.4. The summed E-state index contributed by atoms with van der Waals surface area (Å²) >= 11 is 5.84. The third-order valence-corrected chi connectivity index (χ3v) is 26.2. The number of nitrogens with one attached hydrogen (secondary N) is 5. The maximum absolute atomic E-state index is 12.7. The quantitative estimate of drug-likeness (QED) is 0.0473. The lowest BCUT2D eigenvalue weighted by Crippen LogP contribution is -2.14. The highest BCUT2D eigenvalue weighted by atomic mass is 35.5. The van der Waals surface area contributed by atoms with Gasteiger partial charge in [0.2, 0.25) is 0 Å². The fraction of sp³-hybridized carbons (Fsp3) is 0.0698. The lowest BCUT2D eigenvalue weighted by molar-refractivity contribution is 0.101. The van der Waals surface area contributed by atoms with Crippen LogP contribution in [-0.4, -0.2) is 116 Å². The Morgan fingerprint density at radius 2 is 0.508 bits per heavy atom. The largest absolute Gasteiger partial charge is 0.319 e. The number of pyridine rings is 5. The molecule has 36 heteroatoms. The van der Waals surface area contributed by atoms with Crippen molar-refractivity contribution in [1.82, 2.24) is 44.8 Å². The minimum absolute atomic E-state index is 0.0632. The van der Waals surface area contributed by atoms with E-state index in [-0.39, 0.29) is 52.9 Å². The van der Waals surface area contributed by atoms with Crippen molar-refractivity contribution in [2.75, 3.05) is 26.6 Å². The minimum Gasteiger partial charge on any atom is -0.319 e. The second-order valence-electron chi connectivity index (χ2n) is 26.6. The smallest absolute Gasteiger partial charge is 0.274 e. The third-order valence-electron chi connectivity index (χ3n) is 17.8. The molecule has 5 N–H and O–H groups in total. The Morgan fingerprint density at radius 3 is 0.762 bits per heavy atom. The average Bonchev–Trinajstić information content (AvgIpc) is 1.69. The summed E-state index contributed by atoms with van der Waals surface area (Å²) in [5.74, 6) is -2.03. The van der Waals surface area contributed by atoms with E-state index in [2.05, 4.69) is 51.5 Å². The van der Waals surface area contributed by atoms with E-state index >= 15 is 0 Å². The van der Waals surface area contributed by atoms with Crippen molar-refractivity contribution in [1.29, 1.82) is 0 Å². The summed E-state index contributed by atoms with van der Waals surface area (Å²) in [6, 6.07) is 61.7. The Kier molecular flexibility index (Phi) is 28.3. The van der Waals surface area contributed by atoms with Gasteiger partial charge in [0.1, 0.15) is 28.5 Å². The van der Waals surface area contributed by atoms with Gasteiger partial charge in [-0.25, -0.2) is 62.0 Å². The van der Waals surface area contributed by atoms with Crippen LogP contribution in [0.15, 0.2) is 348 Å². The molecule has 0 fully saturated rings. The number of benzene rings is 5. The number of halogens is 1. The number of hydrogen-bond donors (Lipinski definition) is 5. The summed E-state index contributed by atoms with van der Waals surface area (Å²) in [4.78, 5) is 80.9. The van der Waals surface area contributed by atoms with E-state index in [1.165, 1.54) is 141 Å². The fourth-order valence-corrected chi connectivity index (χ4v) is 17.5. The van der Waals surface area contributed by atoms with Crippen LogP contribution >= 0.6 is 11.6 Å². The molecule has 15 aromatic rings. The van der Waals surface area contributed by atoms with Gasteiger partial charge in [-0.1, -0.05) is 90.0 Å². The van der Waals surface area contributed by atoms with E-state index in [4.69, 9.17) is 11.6 Å². The van der Waals surface area contributed by atoms with Gasteiger partial charge < -0.3 is 26.6 Å². The first-order valence-corrected chi connectivity index (χ1v) is 44.1. The molecule has 0 aliphatic carbocycles. The van der Waals surface area contributed by atoms with E-state index in [0.29, 0.717) is 33.5 Å². The molecule has 0 bridgehead atoms. The molecular formula is C86H76ClN15O15S5. The molecule has 0 saturated carbocycles. The van der Waals surface area contributed by atoms with E-state index in [0.717, 1.165) is 53.2 Å². The van der Waals surface area contributed by atoms with Gasteiger partial charge in [0.15, 0.2) is 0 Å². The van der Waals surface area contributed by atoms with Crippen molar-refractivity contribution in [2.24, 2.45) is 0 Å². The van der Waals surface area contributed by atoms with Crippen molar-refractivity contribution in [3.63, 3.8) is 0 Å². The van der Waals surface area contributed by atoms with Gasteiger partial charge in [0.05, 0.1) is 52.9 Å². The van der Waals surface area contributed by atoms with Crippen molar-refractivity contribution in [3.05, 3.63) is 390 Å². The van der Waals surface area contributed by atoms with Crippen LogP contribution in [0.2, 0.25) is 5.02 Å². The zero-order valence-electron chi connectivity index (χ0n) is 65.6. The molecule has 30 nitrogen and oxygen atoms in total. The van der Waals surface area contributed by atoms with Gasteiger partial charge in [-0.05, 0) is 227 Å². The number of nitrogens with zero attached hydrogens (tertiary/aromatic N) is 10. The number of anilines is 5. The zero-order valence-corrected chi connectivity index (χ0v) is 70.5. The molecule has 0 atom stereocenters. The number of hydrogen-bond acceptors (Lipinski definition) is 20. The standard InChI is InChI=1S/2C18H17N3O3S.2C17H15N3O3S.C16H12ClN3O3S/c2*1-13-6-7-16(11-14(13)2)25(23,24)21-10-8-15(12-21)20-18(22)17-5-3-4-9-19-17;1-13-5-4-6-15(11-13)24(22,23)20-10-8-14(12-20)19-17(21)16-7-2-3-9-18-16;1-13-5-7-15(8-6-13)24(22,23)20-11-9-14(12-20)19-17(21)16-4-2-3-10-18-16;17-12-4-3-5-14(10-12)24(22,23)20-9-7-13(11-20)19-16(21)15-6-1-2-8-18-15/h2*3-12H,1-2H3,(H,20,22);2*2-12H,1H3,(H,19,21);1-11H,(H,19,21). The fourth-order valence-electron chi connectivity index (χ4n) is 10.9. The number of carbonyl (C=O) groups excluding carboxylic acids is 5. The molecule has 622 valence electrons. The lowest BCUT2D eigenvalue weighted by Gasteiger charge is -2.08. The van der Waals surface area contributed by atoms with Crippen molar-refractivity contribution in [3.8, 4) is 0 Å². The molecule has 0 radical (unpaired) electrons. The molecule has 0 saturated heterocycles. The van der Waals surface area contributed by atoms with Crippen LogP contribution in [0.5, 0.6) is 0 Å². The third kappa shape index (κ3) is 22.5. The van der Waals surface area contributed by atoms with E-state index in [1.54, 1.807) is 176 Å². The van der Waals surface area contributed by atoms with Crippen LogP contribution in [0.25, 0.3) is 0 Å². The Morgan fingerprint density at radius 1 is 0.254 bits per heavy atom. The van der Waals surface area contributed by atoms with E-state index in [9.17, 15) is 66.1 Å². The number of aromatic nitrogens is 10. The summed E-state index contributed by atoms with van der Waals surface area (Å²) in [6.07, 6.45) is 21.3. The van der Waals surface area contributed by atoms with Crippen LogP contribution < -0.4 is 26.6 Å². The molecular weight excluding hydrogens is 1680 g/mol. The number of rotatable bonds is 20.